The minimum atomic E-state index is -1.40. The Labute approximate surface area is 202 Å². The van der Waals surface area contributed by atoms with E-state index < -0.39 is 8.32 Å². The molecule has 32 heavy (non-hydrogen) atoms. The number of unbranched alkanes of at least 4 members (excludes halogenated alkanes) is 17. The number of carbonyl (C=O) groups excluding carboxylic acids is 1. The number of ether oxygens (including phenoxy) is 1. The molecule has 0 saturated carbocycles. The molecule has 0 fully saturated rings. The molecule has 0 rings (SSSR count). The highest BCUT2D eigenvalue weighted by Gasteiger charge is 2.22. The lowest BCUT2D eigenvalue weighted by Crippen LogP contribution is -2.33. The van der Waals surface area contributed by atoms with E-state index in [0.717, 1.165) is 12.8 Å². The third-order valence-electron chi connectivity index (χ3n) is 6.14. The Bertz CT molecular complexity index is 434. The summed E-state index contributed by atoms with van der Waals surface area (Å²) in [4.78, 5) is 10.9. The van der Waals surface area contributed by atoms with E-state index >= 15 is 0 Å². The van der Waals surface area contributed by atoms with Crippen molar-refractivity contribution in [1.82, 2.24) is 0 Å². The molecule has 0 aromatic heterocycles. The first-order valence-electron chi connectivity index (χ1n) is 13.8. The highest BCUT2D eigenvalue weighted by atomic mass is 28.4. The van der Waals surface area contributed by atoms with Gasteiger partial charge in [0.1, 0.15) is 0 Å². The van der Waals surface area contributed by atoms with Crippen molar-refractivity contribution in [1.29, 1.82) is 0 Å². The largest absolute Gasteiger partial charge is 0.463 e. The second-order valence-electron chi connectivity index (χ2n) is 10.4. The molecule has 0 spiro atoms. The molecule has 0 radical (unpaired) electrons. The summed E-state index contributed by atoms with van der Waals surface area (Å²) in [7, 11) is -1.40. The molecule has 0 N–H and O–H groups in total. The summed E-state index contributed by atoms with van der Waals surface area (Å²) in [5, 5.41) is 0. The smallest absolute Gasteiger partial charge is 0.330 e. The third-order valence-corrected chi connectivity index (χ3v) is 8.81. The lowest BCUT2D eigenvalue weighted by molar-refractivity contribution is -0.137. The van der Waals surface area contributed by atoms with Crippen LogP contribution in [-0.2, 0) is 14.0 Å². The number of hydrogen-bond acceptors (Lipinski definition) is 3. The van der Waals surface area contributed by atoms with Gasteiger partial charge >= 0.3 is 5.97 Å². The van der Waals surface area contributed by atoms with E-state index in [1.54, 1.807) is 0 Å². The zero-order chi connectivity index (χ0) is 23.9. The molecule has 0 atom stereocenters. The molecule has 0 aliphatic heterocycles. The Hall–Kier alpha value is -0.613. The van der Waals surface area contributed by atoms with Crippen LogP contribution in [0.25, 0.3) is 0 Å². The van der Waals surface area contributed by atoms with Crippen molar-refractivity contribution in [2.75, 3.05) is 6.61 Å². The lowest BCUT2D eigenvalue weighted by atomic mass is 10.0. The van der Waals surface area contributed by atoms with Crippen LogP contribution in [0.2, 0.25) is 19.1 Å². The van der Waals surface area contributed by atoms with E-state index in [4.69, 9.17) is 9.16 Å². The summed E-state index contributed by atoms with van der Waals surface area (Å²) in [5.41, 5.74) is 0. The molecule has 0 aromatic carbocycles. The molecule has 0 unspecified atom stereocenters. The molecule has 0 aliphatic rings. The average molecular weight is 469 g/mol. The van der Waals surface area contributed by atoms with Crippen molar-refractivity contribution in [2.45, 2.75) is 155 Å². The first-order chi connectivity index (χ1) is 15.4. The van der Waals surface area contributed by atoms with Crippen LogP contribution >= 0.6 is 0 Å². The van der Waals surface area contributed by atoms with Crippen LogP contribution in [0.3, 0.4) is 0 Å². The zero-order valence-electron chi connectivity index (χ0n) is 22.2. The van der Waals surface area contributed by atoms with Crippen molar-refractivity contribution in [2.24, 2.45) is 0 Å². The molecule has 0 amide bonds. The van der Waals surface area contributed by atoms with Crippen LogP contribution in [0.15, 0.2) is 12.7 Å². The Balaban J connectivity index is 3.16. The second-order valence-corrected chi connectivity index (χ2v) is 14.7. The van der Waals surface area contributed by atoms with Gasteiger partial charge in [-0.25, -0.2) is 4.79 Å². The number of esters is 1. The van der Waals surface area contributed by atoms with Crippen molar-refractivity contribution >= 4 is 14.3 Å². The Morgan fingerprint density at radius 2 is 1.03 bits per heavy atom. The van der Waals surface area contributed by atoms with Gasteiger partial charge in [-0.05, 0) is 39.4 Å². The van der Waals surface area contributed by atoms with E-state index in [1.807, 2.05) is 0 Å². The predicted molar refractivity (Wildman–Crippen MR) is 143 cm³/mol. The van der Waals surface area contributed by atoms with Gasteiger partial charge < -0.3 is 9.16 Å². The van der Waals surface area contributed by atoms with E-state index in [0.29, 0.717) is 12.7 Å². The van der Waals surface area contributed by atoms with Gasteiger partial charge in [0, 0.05) is 12.2 Å². The van der Waals surface area contributed by atoms with Crippen LogP contribution in [0, 0.1) is 0 Å². The maximum Gasteiger partial charge on any atom is 0.330 e. The Kier molecular flexibility index (Phi) is 21.8. The fourth-order valence-corrected chi connectivity index (χ4v) is 6.91. The lowest BCUT2D eigenvalue weighted by Gasteiger charge is -2.25. The molecule has 0 heterocycles. The first kappa shape index (κ1) is 31.4. The number of rotatable bonds is 24. The molecule has 0 bridgehead atoms. The van der Waals surface area contributed by atoms with Crippen LogP contribution < -0.4 is 0 Å². The van der Waals surface area contributed by atoms with E-state index in [9.17, 15) is 4.79 Å². The van der Waals surface area contributed by atoms with Crippen molar-refractivity contribution < 1.29 is 14.0 Å². The van der Waals surface area contributed by atoms with Crippen molar-refractivity contribution in [3.63, 3.8) is 0 Å². The maximum atomic E-state index is 10.9. The average Bonchev–Trinajstić information content (AvgIpc) is 2.73. The SMILES string of the molecule is C=CC(=O)OCCCCCCCCCCCCCCCCCCCC[Si](C)(C)OC(C)C. The van der Waals surface area contributed by atoms with Crippen molar-refractivity contribution in [3.05, 3.63) is 12.7 Å². The van der Waals surface area contributed by atoms with Crippen LogP contribution in [0.4, 0.5) is 0 Å². The molecule has 4 heteroatoms. The molecule has 0 aliphatic carbocycles. The van der Waals surface area contributed by atoms with Gasteiger partial charge in [-0.2, -0.15) is 0 Å². The fraction of sp³-hybridized carbons (Fsp3) is 0.893. The number of carbonyl (C=O) groups is 1. The summed E-state index contributed by atoms with van der Waals surface area (Å²) in [5.74, 6) is -0.301. The summed E-state index contributed by atoms with van der Waals surface area (Å²) >= 11 is 0. The Morgan fingerprint density at radius 3 is 1.38 bits per heavy atom. The maximum absolute atomic E-state index is 10.9. The van der Waals surface area contributed by atoms with E-state index in [2.05, 4.69) is 33.5 Å². The fourth-order valence-electron chi connectivity index (χ4n) is 4.41. The summed E-state index contributed by atoms with van der Waals surface area (Å²) in [6.45, 7) is 13.0. The second kappa shape index (κ2) is 22.2. The summed E-state index contributed by atoms with van der Waals surface area (Å²) in [6.07, 6.45) is 26.1. The molecular weight excluding hydrogens is 412 g/mol. The van der Waals surface area contributed by atoms with Crippen LogP contribution in [0.1, 0.15) is 129 Å². The van der Waals surface area contributed by atoms with Crippen LogP contribution in [-0.4, -0.2) is 27.0 Å². The van der Waals surface area contributed by atoms with Gasteiger partial charge in [0.15, 0.2) is 8.32 Å². The minimum Gasteiger partial charge on any atom is -0.463 e. The third kappa shape index (κ3) is 24.0. The van der Waals surface area contributed by atoms with Gasteiger partial charge in [-0.3, -0.25) is 0 Å². The number of hydrogen-bond donors (Lipinski definition) is 0. The van der Waals surface area contributed by atoms with Gasteiger partial charge in [-0.1, -0.05) is 116 Å². The molecule has 0 saturated heterocycles. The molecular formula is C28H56O3Si. The van der Waals surface area contributed by atoms with E-state index in [1.165, 1.54) is 115 Å². The zero-order valence-corrected chi connectivity index (χ0v) is 23.2. The monoisotopic (exact) mass is 468 g/mol. The highest BCUT2D eigenvalue weighted by molar-refractivity contribution is 6.71. The van der Waals surface area contributed by atoms with Gasteiger partial charge in [0.05, 0.1) is 6.61 Å². The topological polar surface area (TPSA) is 35.5 Å². The predicted octanol–water partition coefficient (Wildman–Crippen LogP) is 9.37. The van der Waals surface area contributed by atoms with Gasteiger partial charge in [0.2, 0.25) is 0 Å². The van der Waals surface area contributed by atoms with Gasteiger partial charge in [0.25, 0.3) is 0 Å². The van der Waals surface area contributed by atoms with Gasteiger partial charge in [-0.15, -0.1) is 0 Å². The minimum absolute atomic E-state index is 0.301. The Morgan fingerprint density at radius 1 is 0.688 bits per heavy atom. The summed E-state index contributed by atoms with van der Waals surface area (Å²) in [6, 6.07) is 1.32. The van der Waals surface area contributed by atoms with Crippen LogP contribution in [0.5, 0.6) is 0 Å². The standard InChI is InChI=1S/C28H56O3Si/c1-6-28(29)30-25-23-21-19-17-15-13-11-9-7-8-10-12-14-16-18-20-22-24-26-32(4,5)31-27(2)3/h6,27H,1,7-26H2,2-5H3. The quantitative estimate of drug-likeness (QED) is 0.0612. The molecule has 190 valence electrons. The molecule has 0 aromatic rings. The normalized spacial score (nSPS) is 11.8. The molecule has 3 nitrogen and oxygen atoms in total. The highest BCUT2D eigenvalue weighted by Crippen LogP contribution is 2.19. The summed E-state index contributed by atoms with van der Waals surface area (Å²) < 4.78 is 11.1. The first-order valence-corrected chi connectivity index (χ1v) is 17.0. The van der Waals surface area contributed by atoms with Crippen molar-refractivity contribution in [3.8, 4) is 0 Å². The van der Waals surface area contributed by atoms with E-state index in [-0.39, 0.29) is 5.97 Å².